The molecule has 2 aromatic carbocycles. The quantitative estimate of drug-likeness (QED) is 0.404. The molecule has 0 fully saturated rings. The molecule has 2 amide bonds. The summed E-state index contributed by atoms with van der Waals surface area (Å²) in [6.07, 6.45) is 2.08. The third kappa shape index (κ3) is 6.23. The van der Waals surface area contributed by atoms with E-state index in [-0.39, 0.29) is 18.3 Å². The van der Waals surface area contributed by atoms with Crippen molar-refractivity contribution in [3.8, 4) is 11.5 Å². The van der Waals surface area contributed by atoms with E-state index in [0.29, 0.717) is 55.8 Å². The van der Waals surface area contributed by atoms with Gasteiger partial charge < -0.3 is 24.8 Å². The predicted molar refractivity (Wildman–Crippen MR) is 120 cm³/mol. The van der Waals surface area contributed by atoms with Crippen LogP contribution in [0.4, 0.5) is 10.5 Å². The van der Waals surface area contributed by atoms with Crippen LogP contribution in [0.3, 0.4) is 0 Å². The van der Waals surface area contributed by atoms with Crippen LogP contribution in [0.1, 0.15) is 41.6 Å². The number of carbonyl (C=O) groups excluding carboxylic acids is 2. The zero-order valence-corrected chi connectivity index (χ0v) is 18.1. The molecule has 170 valence electrons. The molecule has 3 rings (SSSR count). The van der Waals surface area contributed by atoms with E-state index in [1.165, 1.54) is 4.90 Å². The number of fused-ring (bicyclic) bond motifs is 1. The highest BCUT2D eigenvalue weighted by molar-refractivity contribution is 6.00. The predicted octanol–water partition coefficient (Wildman–Crippen LogP) is 3.99. The fraction of sp³-hybridized carbons (Fsp3) is 0.375. The maximum Gasteiger partial charge on any atom is 0.407 e. The van der Waals surface area contributed by atoms with Gasteiger partial charge in [-0.2, -0.15) is 0 Å². The smallest absolute Gasteiger partial charge is 0.407 e. The van der Waals surface area contributed by atoms with Crippen molar-refractivity contribution in [2.24, 2.45) is 0 Å². The Kier molecular flexibility index (Phi) is 8.08. The van der Waals surface area contributed by atoms with Crippen LogP contribution in [-0.4, -0.2) is 54.6 Å². The molecule has 1 heterocycles. The standard InChI is InChI=1S/C24H28N2O6/c1-31-21-9-5-4-7-17(21)12-14-26(24(29)30)13-6-2-3-8-20(27)18-10-11-22-19(15-18)25-23(28)16-32-22/h4-5,7,9-11,15H,2-3,6,8,12-14,16H2,1H3,(H,25,28)(H,29,30). The van der Waals surface area contributed by atoms with Crippen molar-refractivity contribution in [3.63, 3.8) is 0 Å². The van der Waals surface area contributed by atoms with Gasteiger partial charge in [-0.15, -0.1) is 0 Å². The average molecular weight is 440 g/mol. The highest BCUT2D eigenvalue weighted by Crippen LogP contribution is 2.29. The Morgan fingerprint density at radius 1 is 1.12 bits per heavy atom. The normalized spacial score (nSPS) is 12.3. The number of amides is 2. The number of ketones is 1. The Bertz CT molecular complexity index is 975. The number of benzene rings is 2. The van der Waals surface area contributed by atoms with E-state index in [0.717, 1.165) is 17.7 Å². The molecule has 0 spiro atoms. The van der Waals surface area contributed by atoms with E-state index in [4.69, 9.17) is 9.47 Å². The SMILES string of the molecule is COc1ccccc1CCN(CCCCCC(=O)c1ccc2c(c1)NC(=O)CO2)C(=O)O. The van der Waals surface area contributed by atoms with Crippen LogP contribution >= 0.6 is 0 Å². The molecule has 8 nitrogen and oxygen atoms in total. The Labute approximate surface area is 187 Å². The van der Waals surface area contributed by atoms with Crippen molar-refractivity contribution >= 4 is 23.5 Å². The van der Waals surface area contributed by atoms with Gasteiger partial charge in [0.25, 0.3) is 5.91 Å². The number of hydrogen-bond acceptors (Lipinski definition) is 5. The summed E-state index contributed by atoms with van der Waals surface area (Å²) in [6.45, 7) is 0.783. The summed E-state index contributed by atoms with van der Waals surface area (Å²) < 4.78 is 10.6. The van der Waals surface area contributed by atoms with Crippen molar-refractivity contribution in [2.75, 3.05) is 32.1 Å². The van der Waals surface area contributed by atoms with E-state index in [1.54, 1.807) is 25.3 Å². The van der Waals surface area contributed by atoms with Crippen molar-refractivity contribution in [1.82, 2.24) is 4.90 Å². The van der Waals surface area contributed by atoms with Gasteiger partial charge in [0.1, 0.15) is 11.5 Å². The number of anilines is 1. The van der Waals surface area contributed by atoms with Crippen molar-refractivity contribution in [2.45, 2.75) is 32.1 Å². The van der Waals surface area contributed by atoms with Crippen molar-refractivity contribution in [3.05, 3.63) is 53.6 Å². The topological polar surface area (TPSA) is 105 Å². The molecule has 2 aromatic rings. The highest BCUT2D eigenvalue weighted by atomic mass is 16.5. The molecule has 32 heavy (non-hydrogen) atoms. The molecule has 1 aliphatic heterocycles. The molecule has 2 N–H and O–H groups in total. The number of carboxylic acid groups (broad SMARTS) is 1. The zero-order valence-electron chi connectivity index (χ0n) is 18.1. The number of rotatable bonds is 11. The molecular weight excluding hydrogens is 412 g/mol. The summed E-state index contributed by atoms with van der Waals surface area (Å²) in [5.41, 5.74) is 2.01. The lowest BCUT2D eigenvalue weighted by Crippen LogP contribution is -2.32. The summed E-state index contributed by atoms with van der Waals surface area (Å²) in [5, 5.41) is 12.2. The molecule has 0 radical (unpaired) electrons. The number of carbonyl (C=O) groups is 3. The maximum absolute atomic E-state index is 12.5. The number of para-hydroxylation sites is 1. The van der Waals surface area contributed by atoms with Gasteiger partial charge in [0.15, 0.2) is 12.4 Å². The molecule has 0 saturated heterocycles. The fourth-order valence-electron chi connectivity index (χ4n) is 3.63. The Morgan fingerprint density at radius 3 is 2.72 bits per heavy atom. The second kappa shape index (κ2) is 11.2. The van der Waals surface area contributed by atoms with Gasteiger partial charge in [-0.25, -0.2) is 4.79 Å². The first-order valence-electron chi connectivity index (χ1n) is 10.7. The maximum atomic E-state index is 12.5. The summed E-state index contributed by atoms with van der Waals surface area (Å²) in [5.74, 6) is 1.06. The van der Waals surface area contributed by atoms with Crippen LogP contribution in [0.2, 0.25) is 0 Å². The highest BCUT2D eigenvalue weighted by Gasteiger charge is 2.18. The van der Waals surface area contributed by atoms with Gasteiger partial charge in [-0.1, -0.05) is 24.6 Å². The van der Waals surface area contributed by atoms with Crippen LogP contribution in [0, 0.1) is 0 Å². The molecule has 8 heteroatoms. The molecule has 0 atom stereocenters. The lowest BCUT2D eigenvalue weighted by atomic mass is 10.0. The second-order valence-corrected chi connectivity index (χ2v) is 7.61. The van der Waals surface area contributed by atoms with E-state index < -0.39 is 6.09 Å². The molecule has 0 bridgehead atoms. The van der Waals surface area contributed by atoms with E-state index in [9.17, 15) is 19.5 Å². The first kappa shape index (κ1) is 23.1. The minimum atomic E-state index is -0.950. The number of methoxy groups -OCH3 is 1. The van der Waals surface area contributed by atoms with Crippen LogP contribution in [0.5, 0.6) is 11.5 Å². The van der Waals surface area contributed by atoms with Crippen LogP contribution in [0.25, 0.3) is 0 Å². The minimum Gasteiger partial charge on any atom is -0.496 e. The first-order chi connectivity index (χ1) is 15.5. The number of hydrogen-bond donors (Lipinski definition) is 2. The largest absolute Gasteiger partial charge is 0.496 e. The first-order valence-corrected chi connectivity index (χ1v) is 10.7. The lowest BCUT2D eigenvalue weighted by Gasteiger charge is -2.20. The number of nitrogens with one attached hydrogen (secondary N) is 1. The number of unbranched alkanes of at least 4 members (excludes halogenated alkanes) is 2. The van der Waals surface area contributed by atoms with Gasteiger partial charge in [-0.3, -0.25) is 9.59 Å². The van der Waals surface area contributed by atoms with Gasteiger partial charge in [0, 0.05) is 25.1 Å². The Balaban J connectivity index is 1.41. The third-order valence-electron chi connectivity index (χ3n) is 5.38. The Morgan fingerprint density at radius 2 is 1.94 bits per heavy atom. The lowest BCUT2D eigenvalue weighted by molar-refractivity contribution is -0.118. The molecular formula is C24H28N2O6. The molecule has 0 aliphatic carbocycles. The fourth-order valence-corrected chi connectivity index (χ4v) is 3.63. The zero-order chi connectivity index (χ0) is 22.9. The van der Waals surface area contributed by atoms with E-state index in [1.807, 2.05) is 24.3 Å². The average Bonchev–Trinajstić information content (AvgIpc) is 2.80. The van der Waals surface area contributed by atoms with E-state index in [2.05, 4.69) is 5.32 Å². The number of ether oxygens (including phenoxy) is 2. The van der Waals surface area contributed by atoms with Gasteiger partial charge in [0.2, 0.25) is 0 Å². The van der Waals surface area contributed by atoms with Crippen LogP contribution in [0.15, 0.2) is 42.5 Å². The molecule has 0 aromatic heterocycles. The van der Waals surface area contributed by atoms with Gasteiger partial charge >= 0.3 is 6.09 Å². The summed E-state index contributed by atoms with van der Waals surface area (Å²) in [6, 6.07) is 12.6. The summed E-state index contributed by atoms with van der Waals surface area (Å²) >= 11 is 0. The second-order valence-electron chi connectivity index (χ2n) is 7.61. The molecule has 1 aliphatic rings. The number of Topliss-reactive ketones (excluding diaryl/α,β-unsaturated/α-hetero) is 1. The number of nitrogens with zero attached hydrogens (tertiary/aromatic N) is 1. The Hall–Kier alpha value is -3.55. The molecule has 0 unspecified atom stereocenters. The summed E-state index contributed by atoms with van der Waals surface area (Å²) in [4.78, 5) is 36.9. The van der Waals surface area contributed by atoms with Crippen molar-refractivity contribution in [1.29, 1.82) is 0 Å². The van der Waals surface area contributed by atoms with Gasteiger partial charge in [0.05, 0.1) is 12.8 Å². The summed E-state index contributed by atoms with van der Waals surface area (Å²) in [7, 11) is 1.60. The third-order valence-corrected chi connectivity index (χ3v) is 5.38. The molecule has 0 saturated carbocycles. The van der Waals surface area contributed by atoms with Gasteiger partial charge in [-0.05, 0) is 49.1 Å². The minimum absolute atomic E-state index is 0.0149. The van der Waals surface area contributed by atoms with Crippen molar-refractivity contribution < 1.29 is 29.0 Å². The van der Waals surface area contributed by atoms with Crippen LogP contribution < -0.4 is 14.8 Å². The van der Waals surface area contributed by atoms with Crippen LogP contribution in [-0.2, 0) is 11.2 Å². The van der Waals surface area contributed by atoms with E-state index >= 15 is 0 Å². The monoisotopic (exact) mass is 440 g/mol.